The number of hydrogen-bond acceptors (Lipinski definition) is 9. The molecular formula is C29H40O9. The highest BCUT2D eigenvalue weighted by molar-refractivity contribution is 5.83. The van der Waals surface area contributed by atoms with E-state index < -0.39 is 46.7 Å². The maximum Gasteiger partial charge on any atom is 0.331 e. The molecule has 1 spiro atoms. The van der Waals surface area contributed by atoms with Crippen LogP contribution in [0.15, 0.2) is 47.6 Å². The molecule has 0 radical (unpaired) electrons. The molecule has 3 N–H and O–H groups in total. The maximum absolute atomic E-state index is 12.8. The Hall–Kier alpha value is -2.30. The van der Waals surface area contributed by atoms with Crippen molar-refractivity contribution in [3.05, 3.63) is 47.6 Å². The van der Waals surface area contributed by atoms with E-state index in [2.05, 4.69) is 19.9 Å². The zero-order valence-electron chi connectivity index (χ0n) is 22.6. The fourth-order valence-corrected chi connectivity index (χ4v) is 6.48. The van der Waals surface area contributed by atoms with Gasteiger partial charge < -0.3 is 34.3 Å². The summed E-state index contributed by atoms with van der Waals surface area (Å²) in [6.45, 7) is 7.90. The van der Waals surface area contributed by atoms with Gasteiger partial charge in [0.2, 0.25) is 0 Å². The largest absolute Gasteiger partial charge is 0.462 e. The van der Waals surface area contributed by atoms with Crippen molar-refractivity contribution in [2.24, 2.45) is 10.8 Å². The lowest BCUT2D eigenvalue weighted by molar-refractivity contribution is -0.232. The highest BCUT2D eigenvalue weighted by Crippen LogP contribution is 2.72. The fourth-order valence-electron chi connectivity index (χ4n) is 6.48. The van der Waals surface area contributed by atoms with E-state index in [0.29, 0.717) is 25.9 Å². The summed E-state index contributed by atoms with van der Waals surface area (Å²) in [6, 6.07) is 0. The summed E-state index contributed by atoms with van der Waals surface area (Å²) in [7, 11) is 0. The topological polar surface area (TPSA) is 135 Å². The molecule has 4 rings (SSSR count). The molecule has 2 heterocycles. The predicted molar refractivity (Wildman–Crippen MR) is 138 cm³/mol. The molecule has 1 unspecified atom stereocenters. The van der Waals surface area contributed by atoms with Crippen molar-refractivity contribution in [3.8, 4) is 0 Å². The van der Waals surface area contributed by atoms with Crippen LogP contribution in [0.25, 0.3) is 0 Å². The molecule has 1 saturated carbocycles. The number of allylic oxidation sites excluding steroid dienone is 3. The Labute approximate surface area is 223 Å². The number of rotatable bonds is 10. The van der Waals surface area contributed by atoms with Gasteiger partial charge in [0.25, 0.3) is 0 Å². The van der Waals surface area contributed by atoms with Gasteiger partial charge in [-0.3, -0.25) is 0 Å². The third-order valence-electron chi connectivity index (χ3n) is 8.96. The number of fused-ring (bicyclic) bond motifs is 2. The molecule has 0 aromatic rings. The van der Waals surface area contributed by atoms with Gasteiger partial charge in [-0.05, 0) is 40.0 Å². The smallest absolute Gasteiger partial charge is 0.331 e. The van der Waals surface area contributed by atoms with Gasteiger partial charge in [0.15, 0.2) is 0 Å². The molecule has 0 amide bonds. The molecule has 3 fully saturated rings. The van der Waals surface area contributed by atoms with Crippen molar-refractivity contribution in [2.75, 3.05) is 19.8 Å². The van der Waals surface area contributed by atoms with Crippen LogP contribution < -0.4 is 0 Å². The molecule has 0 aromatic carbocycles. The lowest BCUT2D eigenvalue weighted by atomic mass is 9.51. The van der Waals surface area contributed by atoms with Crippen LogP contribution in [-0.2, 0) is 28.5 Å². The first-order chi connectivity index (χ1) is 18.0. The van der Waals surface area contributed by atoms with Gasteiger partial charge in [0.05, 0.1) is 36.4 Å². The number of aliphatic hydroxyl groups excluding tert-OH is 3. The van der Waals surface area contributed by atoms with Gasteiger partial charge in [-0.25, -0.2) is 9.59 Å². The van der Waals surface area contributed by atoms with Crippen LogP contribution in [0, 0.1) is 10.8 Å². The molecular weight excluding hydrogens is 492 g/mol. The molecule has 9 heteroatoms. The number of hydrogen-bond donors (Lipinski definition) is 3. The van der Waals surface area contributed by atoms with Gasteiger partial charge in [0.1, 0.15) is 18.3 Å². The van der Waals surface area contributed by atoms with Crippen LogP contribution in [-0.4, -0.2) is 83.2 Å². The van der Waals surface area contributed by atoms with E-state index in [-0.39, 0.29) is 25.4 Å². The number of ether oxygens (including phenoxy) is 4. The molecule has 8 atom stereocenters. The van der Waals surface area contributed by atoms with Crippen molar-refractivity contribution in [1.82, 2.24) is 0 Å². The second-order valence-corrected chi connectivity index (χ2v) is 11.3. The summed E-state index contributed by atoms with van der Waals surface area (Å²) in [5.74, 6) is -1.02. The summed E-state index contributed by atoms with van der Waals surface area (Å²) in [5, 5.41) is 28.2. The van der Waals surface area contributed by atoms with Gasteiger partial charge in [-0.15, -0.1) is 0 Å². The number of carbonyl (C=O) groups is 2. The summed E-state index contributed by atoms with van der Waals surface area (Å²) < 4.78 is 24.6. The summed E-state index contributed by atoms with van der Waals surface area (Å²) in [5.41, 5.74) is -0.0208. The molecule has 9 nitrogen and oxygen atoms in total. The Morgan fingerprint density at radius 2 is 2.00 bits per heavy atom. The normalized spacial score (nSPS) is 37.7. The zero-order chi connectivity index (χ0) is 27.7. The van der Waals surface area contributed by atoms with Crippen molar-refractivity contribution in [2.45, 2.75) is 89.5 Å². The number of epoxide rings is 1. The van der Waals surface area contributed by atoms with Crippen molar-refractivity contribution < 1.29 is 43.9 Å². The van der Waals surface area contributed by atoms with E-state index in [0.717, 1.165) is 12.0 Å². The van der Waals surface area contributed by atoms with E-state index in [1.165, 1.54) is 42.9 Å². The quantitative estimate of drug-likeness (QED) is 0.127. The average molecular weight is 533 g/mol. The first-order valence-electron chi connectivity index (χ1n) is 13.3. The summed E-state index contributed by atoms with van der Waals surface area (Å²) in [4.78, 5) is 25.5. The molecule has 2 aliphatic carbocycles. The van der Waals surface area contributed by atoms with E-state index in [4.69, 9.17) is 24.1 Å². The molecule has 2 saturated heterocycles. The lowest BCUT2D eigenvalue weighted by Gasteiger charge is -2.58. The Bertz CT molecular complexity index is 1040. The number of carbonyl (C=O) groups excluding carboxylic acids is 2. The molecule has 38 heavy (non-hydrogen) atoms. The van der Waals surface area contributed by atoms with Crippen molar-refractivity contribution >= 4 is 11.9 Å². The van der Waals surface area contributed by atoms with Crippen LogP contribution in [0.4, 0.5) is 0 Å². The lowest BCUT2D eigenvalue weighted by Crippen LogP contribution is -2.66. The fraction of sp³-hybridized carbons (Fsp3) is 0.655. The van der Waals surface area contributed by atoms with E-state index in [1.807, 2.05) is 0 Å². The maximum atomic E-state index is 12.8. The van der Waals surface area contributed by atoms with Crippen LogP contribution >= 0.6 is 0 Å². The monoisotopic (exact) mass is 532 g/mol. The molecule has 210 valence electrons. The van der Waals surface area contributed by atoms with Crippen LogP contribution in [0.5, 0.6) is 0 Å². The second-order valence-electron chi connectivity index (χ2n) is 11.3. The Kier molecular flexibility index (Phi) is 8.35. The van der Waals surface area contributed by atoms with E-state index in [1.54, 1.807) is 6.92 Å². The van der Waals surface area contributed by atoms with Gasteiger partial charge in [-0.1, -0.05) is 42.4 Å². The van der Waals surface area contributed by atoms with Crippen molar-refractivity contribution in [1.29, 1.82) is 0 Å². The Balaban J connectivity index is 1.58. The number of aliphatic hydroxyl groups is 3. The summed E-state index contributed by atoms with van der Waals surface area (Å²) >= 11 is 0. The van der Waals surface area contributed by atoms with Gasteiger partial charge in [0, 0.05) is 30.6 Å². The minimum absolute atomic E-state index is 0.0444. The highest BCUT2D eigenvalue weighted by atomic mass is 16.6. The SMILES string of the molecule is CC1=C[C@H]2O[C@@H]3C[C@@H](OC(=O)/C=C\C=C\[C@H](O)[C@H](C)O)[C@@](C)(C34CO4)[C@@]2(COC(=O)/C=C(\C)CCO)CC1. The van der Waals surface area contributed by atoms with Crippen LogP contribution in [0.1, 0.15) is 53.4 Å². The third kappa shape index (κ3) is 5.02. The third-order valence-corrected chi connectivity index (χ3v) is 8.96. The van der Waals surface area contributed by atoms with Crippen LogP contribution in [0.2, 0.25) is 0 Å². The molecule has 0 aromatic heterocycles. The Morgan fingerprint density at radius 3 is 2.66 bits per heavy atom. The first-order valence-corrected chi connectivity index (χ1v) is 13.3. The minimum atomic E-state index is -1.03. The molecule has 2 bridgehead atoms. The minimum Gasteiger partial charge on any atom is -0.462 e. The van der Waals surface area contributed by atoms with Crippen LogP contribution in [0.3, 0.4) is 0 Å². The van der Waals surface area contributed by atoms with Crippen molar-refractivity contribution in [3.63, 3.8) is 0 Å². The standard InChI is InChI=1S/C29H40O9/c1-18-9-11-28(16-35-26(34)14-19(2)10-12-30)23(13-18)37-24-15-22(27(28,4)29(24)17-36-29)38-25(33)8-6-5-7-21(32)20(3)31/h5-8,13-14,20-24,30-32H,9-12,15-17H2,1-4H3/b7-5+,8-6-,19-14+/t20-,21-,22+,23+,24+,27+,28+,29?/m0/s1. The Morgan fingerprint density at radius 1 is 1.26 bits per heavy atom. The predicted octanol–water partition coefficient (Wildman–Crippen LogP) is 2.30. The molecule has 4 aliphatic rings. The average Bonchev–Trinajstić information content (AvgIpc) is 3.63. The van der Waals surface area contributed by atoms with Gasteiger partial charge in [-0.2, -0.15) is 0 Å². The van der Waals surface area contributed by atoms with E-state index in [9.17, 15) is 19.8 Å². The molecule has 2 aliphatic heterocycles. The zero-order valence-corrected chi connectivity index (χ0v) is 22.6. The second kappa shape index (κ2) is 11.1. The van der Waals surface area contributed by atoms with Gasteiger partial charge >= 0.3 is 11.9 Å². The highest BCUT2D eigenvalue weighted by Gasteiger charge is 2.83. The summed E-state index contributed by atoms with van der Waals surface area (Å²) in [6.07, 6.45) is 8.43. The van der Waals surface area contributed by atoms with E-state index >= 15 is 0 Å². The number of esters is 2. The first kappa shape index (κ1) is 28.7.